The van der Waals surface area contributed by atoms with Gasteiger partial charge < -0.3 is 19.3 Å². The van der Waals surface area contributed by atoms with Crippen molar-refractivity contribution in [1.29, 1.82) is 0 Å². The Balaban J connectivity index is 1.75. The molecule has 0 aliphatic carbocycles. The van der Waals surface area contributed by atoms with Crippen molar-refractivity contribution < 1.29 is 27.2 Å². The number of ether oxygens (including phenoxy) is 2. The molecule has 1 amide bonds. The summed E-state index contributed by atoms with van der Waals surface area (Å²) in [4.78, 5) is 16.7. The SMILES string of the molecule is COc1ccc(S(=O)(=O)N2CCOCC2)cc1C(=O)NCCc1nc(C)no1. The zero-order valence-corrected chi connectivity index (χ0v) is 16.5. The van der Waals surface area contributed by atoms with E-state index in [1.807, 2.05) is 0 Å². The maximum absolute atomic E-state index is 12.8. The maximum Gasteiger partial charge on any atom is 0.255 e. The van der Waals surface area contributed by atoms with Crippen LogP contribution in [0, 0.1) is 6.92 Å². The molecule has 0 radical (unpaired) electrons. The summed E-state index contributed by atoms with van der Waals surface area (Å²) in [6.07, 6.45) is 0.362. The van der Waals surface area contributed by atoms with E-state index in [1.165, 1.54) is 29.6 Å². The monoisotopic (exact) mass is 410 g/mol. The molecule has 0 spiro atoms. The second kappa shape index (κ2) is 8.67. The smallest absolute Gasteiger partial charge is 0.255 e. The van der Waals surface area contributed by atoms with E-state index < -0.39 is 15.9 Å². The lowest BCUT2D eigenvalue weighted by atomic mass is 10.2. The van der Waals surface area contributed by atoms with Gasteiger partial charge in [-0.05, 0) is 25.1 Å². The molecule has 0 saturated carbocycles. The number of hydrogen-bond donors (Lipinski definition) is 1. The van der Waals surface area contributed by atoms with Crippen LogP contribution in [0.3, 0.4) is 0 Å². The molecular weight excluding hydrogens is 388 g/mol. The Morgan fingerprint density at radius 3 is 2.71 bits per heavy atom. The molecule has 10 nitrogen and oxygen atoms in total. The molecule has 0 atom stereocenters. The first-order chi connectivity index (χ1) is 13.4. The fourth-order valence-corrected chi connectivity index (χ4v) is 4.22. The number of amides is 1. The van der Waals surface area contributed by atoms with E-state index in [4.69, 9.17) is 14.0 Å². The highest BCUT2D eigenvalue weighted by atomic mass is 32.2. The van der Waals surface area contributed by atoms with Crippen molar-refractivity contribution in [2.24, 2.45) is 0 Å². The standard InChI is InChI=1S/C17H22N4O6S/c1-12-19-16(27-20-12)5-6-18-17(22)14-11-13(3-4-15(14)25-2)28(23,24)21-7-9-26-10-8-21/h3-4,11H,5-10H2,1-2H3,(H,18,22). The molecule has 1 aromatic carbocycles. The number of nitrogens with zero attached hydrogens (tertiary/aromatic N) is 3. The van der Waals surface area contributed by atoms with E-state index >= 15 is 0 Å². The summed E-state index contributed by atoms with van der Waals surface area (Å²) in [6, 6.07) is 4.24. The Kier molecular flexibility index (Phi) is 6.27. The van der Waals surface area contributed by atoms with Gasteiger partial charge >= 0.3 is 0 Å². The van der Waals surface area contributed by atoms with Crippen LogP contribution in [-0.4, -0.2) is 68.7 Å². The number of carbonyl (C=O) groups is 1. The van der Waals surface area contributed by atoms with Crippen molar-refractivity contribution in [2.45, 2.75) is 18.2 Å². The first-order valence-electron chi connectivity index (χ1n) is 8.75. The molecule has 1 saturated heterocycles. The topological polar surface area (TPSA) is 124 Å². The molecular formula is C17H22N4O6S. The van der Waals surface area contributed by atoms with Crippen molar-refractivity contribution in [3.05, 3.63) is 35.5 Å². The summed E-state index contributed by atoms with van der Waals surface area (Å²) in [6.45, 7) is 3.20. The third-order valence-corrected chi connectivity index (χ3v) is 6.11. The average molecular weight is 410 g/mol. The molecule has 1 aromatic heterocycles. The lowest BCUT2D eigenvalue weighted by Gasteiger charge is -2.26. The number of sulfonamides is 1. The Morgan fingerprint density at radius 1 is 1.32 bits per heavy atom. The predicted octanol–water partition coefficient (Wildman–Crippen LogP) is 0.380. The van der Waals surface area contributed by atoms with Crippen molar-refractivity contribution in [3.8, 4) is 5.75 Å². The van der Waals surface area contributed by atoms with Crippen molar-refractivity contribution >= 4 is 15.9 Å². The van der Waals surface area contributed by atoms with Crippen LogP contribution in [0.1, 0.15) is 22.1 Å². The Labute approximate surface area is 162 Å². The lowest BCUT2D eigenvalue weighted by molar-refractivity contribution is 0.0730. The third kappa shape index (κ3) is 4.49. The van der Waals surface area contributed by atoms with Crippen LogP contribution in [-0.2, 0) is 21.2 Å². The highest BCUT2D eigenvalue weighted by Gasteiger charge is 2.28. The molecule has 28 heavy (non-hydrogen) atoms. The quantitative estimate of drug-likeness (QED) is 0.695. The first-order valence-corrected chi connectivity index (χ1v) is 10.2. The van der Waals surface area contributed by atoms with Gasteiger partial charge in [0.2, 0.25) is 15.9 Å². The van der Waals surface area contributed by atoms with Crippen molar-refractivity contribution in [3.63, 3.8) is 0 Å². The van der Waals surface area contributed by atoms with E-state index in [2.05, 4.69) is 15.5 Å². The minimum atomic E-state index is -3.72. The van der Waals surface area contributed by atoms with E-state index in [-0.39, 0.29) is 35.8 Å². The van der Waals surface area contributed by atoms with Gasteiger partial charge in [0.1, 0.15) is 5.75 Å². The normalized spacial score (nSPS) is 15.4. The van der Waals surface area contributed by atoms with E-state index in [1.54, 1.807) is 6.92 Å². The fraction of sp³-hybridized carbons (Fsp3) is 0.471. The van der Waals surface area contributed by atoms with Gasteiger partial charge in [-0.1, -0.05) is 5.16 Å². The van der Waals surface area contributed by atoms with Crippen molar-refractivity contribution in [2.75, 3.05) is 40.0 Å². The second-order valence-electron chi connectivity index (χ2n) is 6.12. The summed E-state index contributed by atoms with van der Waals surface area (Å²) in [5, 5.41) is 6.40. The predicted molar refractivity (Wildman–Crippen MR) is 97.6 cm³/mol. The minimum absolute atomic E-state index is 0.0351. The summed E-state index contributed by atoms with van der Waals surface area (Å²) in [7, 11) is -2.30. The number of aromatic nitrogens is 2. The van der Waals surface area contributed by atoms with Gasteiger partial charge in [-0.15, -0.1) is 0 Å². The molecule has 2 heterocycles. The first kappa shape index (κ1) is 20.2. The molecule has 1 aliphatic heterocycles. The van der Waals surface area contributed by atoms with E-state index in [0.29, 0.717) is 31.3 Å². The zero-order chi connectivity index (χ0) is 20.1. The van der Waals surface area contributed by atoms with Gasteiger partial charge in [-0.2, -0.15) is 9.29 Å². The Morgan fingerprint density at radius 2 is 2.07 bits per heavy atom. The largest absolute Gasteiger partial charge is 0.496 e. The van der Waals surface area contributed by atoms with E-state index in [0.717, 1.165) is 0 Å². The van der Waals surface area contributed by atoms with Crippen LogP contribution in [0.2, 0.25) is 0 Å². The number of benzene rings is 1. The molecule has 3 rings (SSSR count). The Bertz CT molecular complexity index is 937. The van der Waals surface area contributed by atoms with Gasteiger partial charge in [0.25, 0.3) is 5.91 Å². The number of rotatable bonds is 7. The number of morpholine rings is 1. The number of carbonyl (C=O) groups excluding carboxylic acids is 1. The van der Waals surface area contributed by atoms with Crippen LogP contribution in [0.15, 0.2) is 27.6 Å². The second-order valence-corrected chi connectivity index (χ2v) is 8.06. The minimum Gasteiger partial charge on any atom is -0.496 e. The van der Waals surface area contributed by atoms with Crippen LogP contribution in [0.5, 0.6) is 5.75 Å². The van der Waals surface area contributed by atoms with Gasteiger partial charge in [-0.3, -0.25) is 4.79 Å². The van der Waals surface area contributed by atoms with Crippen LogP contribution in [0.25, 0.3) is 0 Å². The Hall–Kier alpha value is -2.50. The molecule has 1 N–H and O–H groups in total. The molecule has 2 aromatic rings. The van der Waals surface area contributed by atoms with Gasteiger partial charge in [0.15, 0.2) is 5.82 Å². The van der Waals surface area contributed by atoms with Crippen LogP contribution >= 0.6 is 0 Å². The lowest BCUT2D eigenvalue weighted by Crippen LogP contribution is -2.40. The highest BCUT2D eigenvalue weighted by molar-refractivity contribution is 7.89. The highest BCUT2D eigenvalue weighted by Crippen LogP contribution is 2.25. The molecule has 1 aliphatic rings. The van der Waals surface area contributed by atoms with Gasteiger partial charge in [-0.25, -0.2) is 8.42 Å². The fourth-order valence-electron chi connectivity index (χ4n) is 2.78. The van der Waals surface area contributed by atoms with Crippen LogP contribution in [0.4, 0.5) is 0 Å². The van der Waals surface area contributed by atoms with Gasteiger partial charge in [0.05, 0.1) is 30.8 Å². The summed E-state index contributed by atoms with van der Waals surface area (Å²) in [5.41, 5.74) is 0.138. The van der Waals surface area contributed by atoms with Crippen LogP contribution < -0.4 is 10.1 Å². The molecule has 0 unspecified atom stereocenters. The number of hydrogen-bond acceptors (Lipinski definition) is 8. The van der Waals surface area contributed by atoms with Crippen molar-refractivity contribution in [1.82, 2.24) is 19.8 Å². The summed E-state index contributed by atoms with van der Waals surface area (Å²) < 4.78 is 42.4. The summed E-state index contributed by atoms with van der Waals surface area (Å²) >= 11 is 0. The molecule has 0 bridgehead atoms. The molecule has 152 valence electrons. The zero-order valence-electron chi connectivity index (χ0n) is 15.7. The van der Waals surface area contributed by atoms with Gasteiger partial charge in [0, 0.05) is 26.1 Å². The maximum atomic E-state index is 12.8. The average Bonchev–Trinajstić information content (AvgIpc) is 3.13. The third-order valence-electron chi connectivity index (χ3n) is 4.22. The molecule has 11 heteroatoms. The number of nitrogens with one attached hydrogen (secondary N) is 1. The molecule has 1 fully saturated rings. The summed E-state index contributed by atoms with van der Waals surface area (Å²) in [5.74, 6) is 0.761. The van der Waals surface area contributed by atoms with E-state index in [9.17, 15) is 13.2 Å². The number of methoxy groups -OCH3 is 1. The number of aryl methyl sites for hydroxylation is 1.